The van der Waals surface area contributed by atoms with Crippen LogP contribution in [0, 0.1) is 11.8 Å². The number of aromatic nitrogens is 3. The largest absolute Gasteiger partial charge is 0.497 e. The van der Waals surface area contributed by atoms with Gasteiger partial charge in [-0.1, -0.05) is 29.3 Å². The van der Waals surface area contributed by atoms with Gasteiger partial charge in [-0.25, -0.2) is 4.98 Å². The van der Waals surface area contributed by atoms with E-state index in [1.54, 1.807) is 13.3 Å². The maximum Gasteiger partial charge on any atom is 0.227 e. The fourth-order valence-electron chi connectivity index (χ4n) is 2.19. The van der Waals surface area contributed by atoms with E-state index in [0.717, 1.165) is 17.0 Å². The first-order chi connectivity index (χ1) is 11.8. The average Bonchev–Trinajstić information content (AvgIpc) is 3.07. The van der Waals surface area contributed by atoms with Crippen molar-refractivity contribution in [3.8, 4) is 17.6 Å². The molecule has 0 bridgehead atoms. The fraction of sp³-hybridized carbons (Fsp3) is 0.211. The summed E-state index contributed by atoms with van der Waals surface area (Å²) in [6, 6.07) is 13.5. The smallest absolute Gasteiger partial charge is 0.227 e. The van der Waals surface area contributed by atoms with Crippen molar-refractivity contribution in [2.24, 2.45) is 0 Å². The van der Waals surface area contributed by atoms with E-state index in [1.165, 1.54) is 0 Å². The minimum Gasteiger partial charge on any atom is -0.497 e. The van der Waals surface area contributed by atoms with Gasteiger partial charge in [-0.15, -0.1) is 0 Å². The zero-order valence-corrected chi connectivity index (χ0v) is 13.4. The van der Waals surface area contributed by atoms with Gasteiger partial charge in [-0.3, -0.25) is 0 Å². The highest BCUT2D eigenvalue weighted by molar-refractivity contribution is 5.30. The van der Waals surface area contributed by atoms with Crippen LogP contribution in [-0.4, -0.2) is 22.2 Å². The number of aryl methyl sites for hydroxylation is 1. The lowest BCUT2D eigenvalue weighted by molar-refractivity contribution is 0.375. The number of rotatable bonds is 5. The number of nitrogens with zero attached hydrogens (tertiary/aromatic N) is 3. The third-order valence-electron chi connectivity index (χ3n) is 3.35. The lowest BCUT2D eigenvalue weighted by Gasteiger charge is -2.01. The topological polar surface area (TPSA) is 61.0 Å². The first-order valence-corrected chi connectivity index (χ1v) is 7.68. The lowest BCUT2D eigenvalue weighted by Crippen LogP contribution is -1.92. The van der Waals surface area contributed by atoms with Crippen LogP contribution in [0.15, 0.2) is 53.2 Å². The third kappa shape index (κ3) is 4.43. The molecule has 0 saturated carbocycles. The van der Waals surface area contributed by atoms with E-state index >= 15 is 0 Å². The van der Waals surface area contributed by atoms with Crippen molar-refractivity contribution in [2.45, 2.75) is 19.3 Å². The second kappa shape index (κ2) is 7.93. The maximum atomic E-state index is 5.27. The Kier molecular flexibility index (Phi) is 5.21. The summed E-state index contributed by atoms with van der Waals surface area (Å²) in [5.74, 6) is 8.16. The van der Waals surface area contributed by atoms with E-state index in [1.807, 2.05) is 42.5 Å². The summed E-state index contributed by atoms with van der Waals surface area (Å²) in [6.07, 6.45) is 3.62. The lowest BCUT2D eigenvalue weighted by atomic mass is 10.1. The molecule has 24 heavy (non-hydrogen) atoms. The Morgan fingerprint density at radius 2 is 2.12 bits per heavy atom. The van der Waals surface area contributed by atoms with E-state index in [0.29, 0.717) is 31.0 Å². The quantitative estimate of drug-likeness (QED) is 0.676. The molecule has 5 nitrogen and oxygen atoms in total. The van der Waals surface area contributed by atoms with E-state index < -0.39 is 0 Å². The van der Waals surface area contributed by atoms with Crippen LogP contribution in [0.25, 0.3) is 0 Å². The summed E-state index contributed by atoms with van der Waals surface area (Å²) in [5, 5.41) is 4.02. The molecule has 1 aromatic carbocycles. The number of methoxy groups -OCH3 is 1. The second-order valence-electron chi connectivity index (χ2n) is 5.15. The highest BCUT2D eigenvalue weighted by Crippen LogP contribution is 2.15. The molecular formula is C19H17N3O2. The van der Waals surface area contributed by atoms with Crippen molar-refractivity contribution in [3.63, 3.8) is 0 Å². The fourth-order valence-corrected chi connectivity index (χ4v) is 2.19. The average molecular weight is 319 g/mol. The van der Waals surface area contributed by atoms with Gasteiger partial charge in [0, 0.05) is 25.5 Å². The summed E-state index contributed by atoms with van der Waals surface area (Å²) in [5.41, 5.74) is 1.85. The Balaban J connectivity index is 1.55. The van der Waals surface area contributed by atoms with Crippen LogP contribution in [0.2, 0.25) is 0 Å². The van der Waals surface area contributed by atoms with Gasteiger partial charge >= 0.3 is 0 Å². The number of ether oxygens (including phenoxy) is 1. The standard InChI is InChI=1S/C19H17N3O2/c1-23-17-10-6-7-15(13-17)14-18-21-19(24-22-18)11-3-2-8-16-9-4-5-12-20-16/h4-7,9-10,12-13H,3,11,14H2,1H3. The number of pyridine rings is 1. The molecular weight excluding hydrogens is 302 g/mol. The zero-order chi connectivity index (χ0) is 16.6. The van der Waals surface area contributed by atoms with Crippen molar-refractivity contribution in [1.82, 2.24) is 15.1 Å². The SMILES string of the molecule is COc1cccc(Cc2noc(CCC#Cc3ccccn3)n2)c1. The first kappa shape index (κ1) is 15.8. The summed E-state index contributed by atoms with van der Waals surface area (Å²) in [4.78, 5) is 8.56. The Morgan fingerprint density at radius 1 is 1.17 bits per heavy atom. The summed E-state index contributed by atoms with van der Waals surface area (Å²) >= 11 is 0. The van der Waals surface area contributed by atoms with Crippen LogP contribution in [0.3, 0.4) is 0 Å². The molecule has 0 N–H and O–H groups in total. The Bertz CT molecular complexity index is 848. The van der Waals surface area contributed by atoms with Gasteiger partial charge < -0.3 is 9.26 Å². The molecule has 3 rings (SSSR count). The third-order valence-corrected chi connectivity index (χ3v) is 3.35. The van der Waals surface area contributed by atoms with E-state index in [-0.39, 0.29) is 0 Å². The molecule has 0 unspecified atom stereocenters. The second-order valence-corrected chi connectivity index (χ2v) is 5.15. The highest BCUT2D eigenvalue weighted by atomic mass is 16.5. The van der Waals surface area contributed by atoms with Crippen LogP contribution in [0.5, 0.6) is 5.75 Å². The minimum atomic E-state index is 0.600. The predicted octanol–water partition coefficient (Wildman–Crippen LogP) is 3.05. The summed E-state index contributed by atoms with van der Waals surface area (Å²) in [6.45, 7) is 0. The zero-order valence-electron chi connectivity index (χ0n) is 13.4. The molecule has 0 spiro atoms. The molecule has 0 saturated heterocycles. The van der Waals surface area contributed by atoms with Gasteiger partial charge in [-0.2, -0.15) is 4.98 Å². The molecule has 2 heterocycles. The number of hydrogen-bond acceptors (Lipinski definition) is 5. The highest BCUT2D eigenvalue weighted by Gasteiger charge is 2.07. The Labute approximate surface area is 140 Å². The van der Waals surface area contributed by atoms with Gasteiger partial charge in [0.15, 0.2) is 5.82 Å². The maximum absolute atomic E-state index is 5.27. The van der Waals surface area contributed by atoms with Crippen LogP contribution in [0.4, 0.5) is 0 Å². The van der Waals surface area contributed by atoms with Crippen LogP contribution >= 0.6 is 0 Å². The van der Waals surface area contributed by atoms with Gasteiger partial charge in [0.25, 0.3) is 0 Å². The Morgan fingerprint density at radius 3 is 2.96 bits per heavy atom. The van der Waals surface area contributed by atoms with Gasteiger partial charge in [-0.05, 0) is 35.7 Å². The Hall–Kier alpha value is -3.13. The van der Waals surface area contributed by atoms with Gasteiger partial charge in [0.1, 0.15) is 11.4 Å². The van der Waals surface area contributed by atoms with Crippen molar-refractivity contribution < 1.29 is 9.26 Å². The van der Waals surface area contributed by atoms with Crippen LogP contribution < -0.4 is 4.74 Å². The van der Waals surface area contributed by atoms with E-state index in [9.17, 15) is 0 Å². The molecule has 0 aliphatic carbocycles. The van der Waals surface area contributed by atoms with Crippen molar-refractivity contribution in [1.29, 1.82) is 0 Å². The molecule has 120 valence electrons. The first-order valence-electron chi connectivity index (χ1n) is 7.68. The molecule has 3 aromatic rings. The van der Waals surface area contributed by atoms with Crippen molar-refractivity contribution in [3.05, 3.63) is 71.6 Å². The van der Waals surface area contributed by atoms with Gasteiger partial charge in [0.05, 0.1) is 7.11 Å². The van der Waals surface area contributed by atoms with Crippen LogP contribution in [0.1, 0.15) is 29.4 Å². The van der Waals surface area contributed by atoms with Crippen molar-refractivity contribution in [2.75, 3.05) is 7.11 Å². The normalized spacial score (nSPS) is 10.0. The van der Waals surface area contributed by atoms with Crippen molar-refractivity contribution >= 4 is 0 Å². The molecule has 5 heteroatoms. The predicted molar refractivity (Wildman–Crippen MR) is 89.5 cm³/mol. The van der Waals surface area contributed by atoms with Gasteiger partial charge in [0.2, 0.25) is 5.89 Å². The number of benzene rings is 1. The summed E-state index contributed by atoms with van der Waals surface area (Å²) < 4.78 is 10.5. The van der Waals surface area contributed by atoms with Crippen LogP contribution in [-0.2, 0) is 12.8 Å². The minimum absolute atomic E-state index is 0.600. The molecule has 2 aromatic heterocycles. The molecule has 0 aliphatic heterocycles. The molecule has 0 amide bonds. The number of hydrogen-bond donors (Lipinski definition) is 0. The van der Waals surface area contributed by atoms with E-state index in [4.69, 9.17) is 9.26 Å². The monoisotopic (exact) mass is 319 g/mol. The summed E-state index contributed by atoms with van der Waals surface area (Å²) in [7, 11) is 1.65. The molecule has 0 radical (unpaired) electrons. The molecule has 0 atom stereocenters. The van der Waals surface area contributed by atoms with E-state index in [2.05, 4.69) is 27.0 Å². The molecule has 0 aliphatic rings. The molecule has 0 fully saturated rings.